The lowest BCUT2D eigenvalue weighted by Gasteiger charge is -2.19. The summed E-state index contributed by atoms with van der Waals surface area (Å²) < 4.78 is 15.9. The molecule has 31 heavy (non-hydrogen) atoms. The number of carbonyl (C=O) groups excluding carboxylic acids is 4. The number of hydrogen-bond acceptors (Lipinski definition) is 7. The summed E-state index contributed by atoms with van der Waals surface area (Å²) in [5.41, 5.74) is 1.48. The van der Waals surface area contributed by atoms with Gasteiger partial charge in [0.2, 0.25) is 11.8 Å². The predicted octanol–water partition coefficient (Wildman–Crippen LogP) is 1.90. The highest BCUT2D eigenvalue weighted by atomic mass is 16.6. The number of imide groups is 1. The Morgan fingerprint density at radius 3 is 2.32 bits per heavy atom. The molecule has 2 aliphatic rings. The number of amides is 3. The summed E-state index contributed by atoms with van der Waals surface area (Å²) in [6.07, 6.45) is 0.467. The van der Waals surface area contributed by atoms with Crippen molar-refractivity contribution in [2.45, 2.75) is 19.4 Å². The second-order valence-corrected chi connectivity index (χ2v) is 7.05. The molecule has 2 aromatic rings. The van der Waals surface area contributed by atoms with Crippen LogP contribution in [0.25, 0.3) is 0 Å². The smallest absolute Gasteiger partial charge is 0.338 e. The molecule has 0 unspecified atom stereocenters. The van der Waals surface area contributed by atoms with E-state index in [1.807, 2.05) is 0 Å². The fraction of sp³-hybridized carbons (Fsp3) is 0.273. The van der Waals surface area contributed by atoms with Gasteiger partial charge in [-0.15, -0.1) is 0 Å². The molecule has 1 fully saturated rings. The number of hydrogen-bond donors (Lipinski definition) is 1. The molecule has 0 saturated carbocycles. The van der Waals surface area contributed by atoms with Gasteiger partial charge in [-0.05, 0) is 29.8 Å². The van der Waals surface area contributed by atoms with E-state index in [0.717, 1.165) is 5.56 Å². The van der Waals surface area contributed by atoms with Crippen LogP contribution in [0.15, 0.2) is 42.5 Å². The molecular formula is C22H20N2O7. The quantitative estimate of drug-likeness (QED) is 0.557. The van der Waals surface area contributed by atoms with Gasteiger partial charge in [0.1, 0.15) is 13.2 Å². The maximum atomic E-state index is 12.2. The molecule has 0 bridgehead atoms. The van der Waals surface area contributed by atoms with Gasteiger partial charge in [0, 0.05) is 24.6 Å². The van der Waals surface area contributed by atoms with E-state index in [2.05, 4.69) is 5.32 Å². The Kier molecular flexibility index (Phi) is 5.83. The highest BCUT2D eigenvalue weighted by molar-refractivity contribution is 6.01. The summed E-state index contributed by atoms with van der Waals surface area (Å²) in [4.78, 5) is 48.9. The van der Waals surface area contributed by atoms with Crippen molar-refractivity contribution in [3.8, 4) is 11.5 Å². The second-order valence-electron chi connectivity index (χ2n) is 7.05. The average molecular weight is 424 g/mol. The first-order chi connectivity index (χ1) is 15.0. The zero-order chi connectivity index (χ0) is 21.8. The van der Waals surface area contributed by atoms with Gasteiger partial charge in [0.05, 0.1) is 12.1 Å². The molecule has 1 N–H and O–H groups in total. The molecule has 160 valence electrons. The van der Waals surface area contributed by atoms with E-state index in [1.165, 1.54) is 17.0 Å². The first-order valence-corrected chi connectivity index (χ1v) is 9.78. The van der Waals surface area contributed by atoms with Crippen LogP contribution in [-0.4, -0.2) is 48.4 Å². The molecule has 2 aliphatic heterocycles. The van der Waals surface area contributed by atoms with Crippen molar-refractivity contribution in [2.24, 2.45) is 0 Å². The second kappa shape index (κ2) is 8.86. The van der Waals surface area contributed by atoms with Crippen molar-refractivity contribution in [1.82, 2.24) is 4.90 Å². The Labute approximate surface area is 177 Å². The maximum absolute atomic E-state index is 12.2. The van der Waals surface area contributed by atoms with Crippen LogP contribution in [0.4, 0.5) is 5.69 Å². The molecule has 0 aromatic heterocycles. The van der Waals surface area contributed by atoms with E-state index in [9.17, 15) is 19.2 Å². The molecule has 9 nitrogen and oxygen atoms in total. The maximum Gasteiger partial charge on any atom is 0.338 e. The molecule has 0 aliphatic carbocycles. The molecule has 2 heterocycles. The van der Waals surface area contributed by atoms with Gasteiger partial charge < -0.3 is 19.5 Å². The van der Waals surface area contributed by atoms with Crippen molar-refractivity contribution < 1.29 is 33.4 Å². The number of nitrogens with one attached hydrogen (secondary N) is 1. The molecule has 9 heteroatoms. The third-order valence-electron chi connectivity index (χ3n) is 4.85. The Balaban J connectivity index is 1.28. The number of benzene rings is 2. The molecule has 3 amide bonds. The number of ether oxygens (including phenoxy) is 3. The zero-order valence-corrected chi connectivity index (χ0v) is 16.6. The van der Waals surface area contributed by atoms with Crippen LogP contribution in [0.3, 0.4) is 0 Å². The van der Waals surface area contributed by atoms with Gasteiger partial charge in [-0.1, -0.05) is 12.1 Å². The average Bonchev–Trinajstić information content (AvgIpc) is 3.10. The first kappa shape index (κ1) is 20.4. The highest BCUT2D eigenvalue weighted by Gasteiger charge is 2.28. The number of rotatable bonds is 6. The molecular weight excluding hydrogens is 404 g/mol. The van der Waals surface area contributed by atoms with Crippen molar-refractivity contribution in [2.75, 3.05) is 25.1 Å². The topological polar surface area (TPSA) is 111 Å². The van der Waals surface area contributed by atoms with Gasteiger partial charge in [0.25, 0.3) is 5.91 Å². The van der Waals surface area contributed by atoms with Crippen LogP contribution in [0.2, 0.25) is 0 Å². The minimum Gasteiger partial charge on any atom is -0.486 e. The van der Waals surface area contributed by atoms with Crippen LogP contribution < -0.4 is 14.8 Å². The lowest BCUT2D eigenvalue weighted by molar-refractivity contribution is -0.139. The molecule has 4 rings (SSSR count). The van der Waals surface area contributed by atoms with E-state index in [-0.39, 0.29) is 36.8 Å². The van der Waals surface area contributed by atoms with Gasteiger partial charge in [-0.3, -0.25) is 19.3 Å². The van der Waals surface area contributed by atoms with E-state index in [1.54, 1.807) is 30.3 Å². The summed E-state index contributed by atoms with van der Waals surface area (Å²) in [6, 6.07) is 11.4. The SMILES string of the molecule is O=C(COC(=O)c1ccc(CN2C(=O)CCC2=O)cc1)Nc1ccc2c(c1)OCCO2. The summed E-state index contributed by atoms with van der Waals surface area (Å²) in [7, 11) is 0. The number of anilines is 1. The van der Waals surface area contributed by atoms with Crippen molar-refractivity contribution in [1.29, 1.82) is 0 Å². The Morgan fingerprint density at radius 1 is 0.935 bits per heavy atom. The van der Waals surface area contributed by atoms with Crippen LogP contribution >= 0.6 is 0 Å². The first-order valence-electron chi connectivity index (χ1n) is 9.78. The standard InChI is InChI=1S/C22H20N2O7/c25-19(23-16-5-6-17-18(11-16)30-10-9-29-17)13-31-22(28)15-3-1-14(2-4-15)12-24-20(26)7-8-21(24)27/h1-6,11H,7-10,12-13H2,(H,23,25). The third kappa shape index (κ3) is 4.82. The van der Waals surface area contributed by atoms with E-state index >= 15 is 0 Å². The van der Waals surface area contributed by atoms with E-state index in [0.29, 0.717) is 30.4 Å². The number of fused-ring (bicyclic) bond motifs is 1. The normalized spacial score (nSPS) is 15.0. The minimum absolute atomic E-state index is 0.172. The number of likely N-dealkylation sites (tertiary alicyclic amines) is 1. The molecule has 0 atom stereocenters. The van der Waals surface area contributed by atoms with Gasteiger partial charge in [0.15, 0.2) is 18.1 Å². The molecule has 1 saturated heterocycles. The Morgan fingerprint density at radius 2 is 1.61 bits per heavy atom. The molecule has 2 aromatic carbocycles. The summed E-state index contributed by atoms with van der Waals surface area (Å²) in [5.74, 6) is -0.393. The lowest BCUT2D eigenvalue weighted by atomic mass is 10.1. The van der Waals surface area contributed by atoms with Gasteiger partial charge in [-0.25, -0.2) is 4.79 Å². The minimum atomic E-state index is -0.655. The van der Waals surface area contributed by atoms with Crippen molar-refractivity contribution in [3.05, 3.63) is 53.6 Å². The van der Waals surface area contributed by atoms with Crippen molar-refractivity contribution >= 4 is 29.4 Å². The fourth-order valence-electron chi connectivity index (χ4n) is 3.26. The lowest BCUT2D eigenvalue weighted by Crippen LogP contribution is -2.28. The Bertz CT molecular complexity index is 1020. The summed E-state index contributed by atoms with van der Waals surface area (Å²) in [5, 5.41) is 2.64. The zero-order valence-electron chi connectivity index (χ0n) is 16.6. The molecule has 0 radical (unpaired) electrons. The third-order valence-corrected chi connectivity index (χ3v) is 4.85. The van der Waals surface area contributed by atoms with Gasteiger partial charge in [-0.2, -0.15) is 0 Å². The van der Waals surface area contributed by atoms with Crippen LogP contribution in [0, 0.1) is 0 Å². The summed E-state index contributed by atoms with van der Waals surface area (Å²) in [6.45, 7) is 0.631. The van der Waals surface area contributed by atoms with Crippen molar-refractivity contribution in [3.63, 3.8) is 0 Å². The largest absolute Gasteiger partial charge is 0.486 e. The van der Waals surface area contributed by atoms with Crippen LogP contribution in [-0.2, 0) is 25.7 Å². The highest BCUT2D eigenvalue weighted by Crippen LogP contribution is 2.32. The van der Waals surface area contributed by atoms with Crippen LogP contribution in [0.5, 0.6) is 11.5 Å². The summed E-state index contributed by atoms with van der Waals surface area (Å²) >= 11 is 0. The fourth-order valence-corrected chi connectivity index (χ4v) is 3.26. The Hall–Kier alpha value is -3.88. The molecule has 0 spiro atoms. The number of esters is 1. The predicted molar refractivity (Wildman–Crippen MR) is 108 cm³/mol. The van der Waals surface area contributed by atoms with E-state index in [4.69, 9.17) is 14.2 Å². The monoisotopic (exact) mass is 424 g/mol. The number of carbonyl (C=O) groups is 4. The van der Waals surface area contributed by atoms with Crippen LogP contribution in [0.1, 0.15) is 28.8 Å². The van der Waals surface area contributed by atoms with Gasteiger partial charge >= 0.3 is 5.97 Å². The number of nitrogens with zero attached hydrogens (tertiary/aromatic N) is 1. The van der Waals surface area contributed by atoms with E-state index < -0.39 is 18.5 Å².